The Hall–Kier alpha value is -2.50. The third-order valence-electron chi connectivity index (χ3n) is 5.93. The first kappa shape index (κ1) is 16.0. The molecule has 6 nitrogen and oxygen atoms in total. The Morgan fingerprint density at radius 2 is 2.12 bits per heavy atom. The minimum absolute atomic E-state index is 0.0700. The molecule has 0 saturated heterocycles. The molecule has 4 rings (SSSR count). The van der Waals surface area contributed by atoms with Crippen molar-refractivity contribution in [2.45, 2.75) is 38.6 Å². The molecule has 1 saturated carbocycles. The first-order valence-electron chi connectivity index (χ1n) is 8.67. The lowest BCUT2D eigenvalue weighted by Gasteiger charge is -2.50. The lowest BCUT2D eigenvalue weighted by molar-refractivity contribution is -0.165. The summed E-state index contributed by atoms with van der Waals surface area (Å²) in [5.41, 5.74) is 2.07. The predicted octanol–water partition coefficient (Wildman–Crippen LogP) is 2.88. The van der Waals surface area contributed by atoms with Gasteiger partial charge in [-0.15, -0.1) is 0 Å². The normalized spacial score (nSPS) is 21.5. The summed E-state index contributed by atoms with van der Waals surface area (Å²) in [6, 6.07) is 5.39. The summed E-state index contributed by atoms with van der Waals surface area (Å²) >= 11 is 0. The number of carboxylic acids is 1. The van der Waals surface area contributed by atoms with Crippen LogP contribution in [0.4, 0.5) is 0 Å². The number of H-pyrrole nitrogens is 1. The number of aromatic amines is 1. The van der Waals surface area contributed by atoms with E-state index in [0.717, 1.165) is 34.3 Å². The van der Waals surface area contributed by atoms with E-state index in [1.165, 1.54) is 6.92 Å². The lowest BCUT2D eigenvalue weighted by atomic mass is 9.61. The number of hydrogen-bond acceptors (Lipinski definition) is 3. The Labute approximate surface area is 145 Å². The molecule has 1 atom stereocenters. The van der Waals surface area contributed by atoms with Crippen molar-refractivity contribution in [1.29, 1.82) is 0 Å². The Kier molecular flexibility index (Phi) is 3.52. The molecule has 2 N–H and O–H groups in total. The van der Waals surface area contributed by atoms with Crippen LogP contribution in [-0.4, -0.2) is 40.5 Å². The molecule has 1 fully saturated rings. The van der Waals surface area contributed by atoms with Crippen molar-refractivity contribution in [1.82, 2.24) is 9.88 Å². The Morgan fingerprint density at radius 1 is 1.36 bits per heavy atom. The predicted molar refractivity (Wildman–Crippen MR) is 92.6 cm³/mol. The van der Waals surface area contributed by atoms with Gasteiger partial charge in [0.15, 0.2) is 0 Å². The molecule has 1 amide bonds. The number of benzene rings is 1. The molecule has 6 heteroatoms. The van der Waals surface area contributed by atoms with Gasteiger partial charge in [-0.3, -0.25) is 9.59 Å². The molecular formula is C19H22N2O4. The summed E-state index contributed by atoms with van der Waals surface area (Å²) in [7, 11) is 1.63. The minimum Gasteiger partial charge on any atom is -0.497 e. The highest BCUT2D eigenvalue weighted by Crippen LogP contribution is 2.55. The van der Waals surface area contributed by atoms with Gasteiger partial charge in [0.2, 0.25) is 5.91 Å². The number of fused-ring (bicyclic) bond motifs is 3. The topological polar surface area (TPSA) is 82.6 Å². The van der Waals surface area contributed by atoms with Gasteiger partial charge in [-0.05, 0) is 43.0 Å². The summed E-state index contributed by atoms with van der Waals surface area (Å²) in [4.78, 5) is 29.5. The maximum atomic E-state index is 12.2. The van der Waals surface area contributed by atoms with Crippen LogP contribution < -0.4 is 4.74 Å². The van der Waals surface area contributed by atoms with Gasteiger partial charge < -0.3 is 19.7 Å². The number of ether oxygens (including phenoxy) is 1. The summed E-state index contributed by atoms with van der Waals surface area (Å²) in [6.45, 7) is 2.07. The molecular weight excluding hydrogens is 320 g/mol. The van der Waals surface area contributed by atoms with Crippen molar-refractivity contribution < 1.29 is 19.4 Å². The smallest absolute Gasteiger partial charge is 0.312 e. The van der Waals surface area contributed by atoms with E-state index in [1.807, 2.05) is 18.2 Å². The van der Waals surface area contributed by atoms with E-state index in [2.05, 4.69) is 4.98 Å². The average Bonchev–Trinajstić information content (AvgIpc) is 2.91. The molecule has 132 valence electrons. The number of amides is 1. The molecule has 1 aliphatic heterocycles. The van der Waals surface area contributed by atoms with Crippen molar-refractivity contribution in [2.24, 2.45) is 5.41 Å². The molecule has 0 spiro atoms. The van der Waals surface area contributed by atoms with E-state index in [9.17, 15) is 14.7 Å². The van der Waals surface area contributed by atoms with Gasteiger partial charge in [0, 0.05) is 30.1 Å². The molecule has 1 aromatic carbocycles. The lowest BCUT2D eigenvalue weighted by Crippen LogP contribution is -2.53. The summed E-state index contributed by atoms with van der Waals surface area (Å²) in [5.74, 6) is -0.102. The van der Waals surface area contributed by atoms with E-state index in [0.29, 0.717) is 25.8 Å². The van der Waals surface area contributed by atoms with Crippen molar-refractivity contribution in [3.63, 3.8) is 0 Å². The zero-order valence-corrected chi connectivity index (χ0v) is 14.5. The zero-order chi connectivity index (χ0) is 17.8. The number of carbonyl (C=O) groups is 2. The average molecular weight is 342 g/mol. The van der Waals surface area contributed by atoms with Crippen LogP contribution in [0.15, 0.2) is 18.2 Å². The molecule has 1 aliphatic carbocycles. The second-order valence-electron chi connectivity index (χ2n) is 7.11. The van der Waals surface area contributed by atoms with Crippen LogP contribution in [0.3, 0.4) is 0 Å². The SMILES string of the molecule is COc1ccc2[nH]c3c(c2c1)CCN(C(C)=O)C3C1(C(=O)O)CCC1. The van der Waals surface area contributed by atoms with Gasteiger partial charge in [0.25, 0.3) is 0 Å². The number of nitrogens with one attached hydrogen (secondary N) is 1. The van der Waals surface area contributed by atoms with Crippen molar-refractivity contribution in [3.05, 3.63) is 29.5 Å². The molecule has 1 aromatic heterocycles. The Balaban J connectivity index is 1.92. The number of carboxylic acid groups (broad SMARTS) is 1. The molecule has 25 heavy (non-hydrogen) atoms. The van der Waals surface area contributed by atoms with Crippen LogP contribution in [0, 0.1) is 5.41 Å². The maximum absolute atomic E-state index is 12.2. The largest absolute Gasteiger partial charge is 0.497 e. The van der Waals surface area contributed by atoms with E-state index in [1.54, 1.807) is 12.0 Å². The fourth-order valence-electron chi connectivity index (χ4n) is 4.47. The first-order valence-corrected chi connectivity index (χ1v) is 8.67. The van der Waals surface area contributed by atoms with Gasteiger partial charge in [0.1, 0.15) is 5.75 Å². The van der Waals surface area contributed by atoms with Crippen molar-refractivity contribution in [2.75, 3.05) is 13.7 Å². The van der Waals surface area contributed by atoms with Gasteiger partial charge >= 0.3 is 5.97 Å². The van der Waals surface area contributed by atoms with Gasteiger partial charge in [-0.2, -0.15) is 0 Å². The van der Waals surface area contributed by atoms with E-state index < -0.39 is 17.4 Å². The highest BCUT2D eigenvalue weighted by Gasteiger charge is 2.56. The Bertz CT molecular complexity index is 866. The number of aliphatic carboxylic acids is 1. The molecule has 1 unspecified atom stereocenters. The first-order chi connectivity index (χ1) is 12.0. The van der Waals surface area contributed by atoms with Gasteiger partial charge in [-0.25, -0.2) is 0 Å². The molecule has 2 aromatic rings. The number of rotatable bonds is 3. The van der Waals surface area contributed by atoms with E-state index >= 15 is 0 Å². The van der Waals surface area contributed by atoms with Crippen molar-refractivity contribution in [3.8, 4) is 5.75 Å². The molecule has 0 bridgehead atoms. The summed E-state index contributed by atoms with van der Waals surface area (Å²) in [6.07, 6.45) is 2.82. The van der Waals surface area contributed by atoms with Crippen LogP contribution >= 0.6 is 0 Å². The fourth-order valence-corrected chi connectivity index (χ4v) is 4.47. The fraction of sp³-hybridized carbons (Fsp3) is 0.474. The number of nitrogens with zero attached hydrogens (tertiary/aromatic N) is 1. The third-order valence-corrected chi connectivity index (χ3v) is 5.93. The van der Waals surface area contributed by atoms with Crippen LogP contribution in [0.1, 0.15) is 43.5 Å². The quantitative estimate of drug-likeness (QED) is 0.898. The number of methoxy groups -OCH3 is 1. The molecule has 2 heterocycles. The number of aromatic nitrogens is 1. The Morgan fingerprint density at radius 3 is 2.68 bits per heavy atom. The van der Waals surface area contributed by atoms with Crippen molar-refractivity contribution >= 4 is 22.8 Å². The van der Waals surface area contributed by atoms with E-state index in [-0.39, 0.29) is 5.91 Å². The van der Waals surface area contributed by atoms with Gasteiger partial charge in [-0.1, -0.05) is 6.42 Å². The van der Waals surface area contributed by atoms with Crippen LogP contribution in [0.2, 0.25) is 0 Å². The third kappa shape index (κ3) is 2.16. The second-order valence-corrected chi connectivity index (χ2v) is 7.11. The summed E-state index contributed by atoms with van der Waals surface area (Å²) in [5, 5.41) is 11.0. The second kappa shape index (κ2) is 5.51. The maximum Gasteiger partial charge on any atom is 0.312 e. The highest BCUT2D eigenvalue weighted by atomic mass is 16.5. The minimum atomic E-state index is -0.883. The zero-order valence-electron chi connectivity index (χ0n) is 14.5. The summed E-state index contributed by atoms with van der Waals surface area (Å²) < 4.78 is 5.33. The molecule has 0 radical (unpaired) electrons. The number of carbonyl (C=O) groups excluding carboxylic acids is 1. The van der Waals surface area contributed by atoms with Crippen LogP contribution in [0.5, 0.6) is 5.75 Å². The highest BCUT2D eigenvalue weighted by molar-refractivity contribution is 5.88. The number of hydrogen-bond donors (Lipinski definition) is 2. The van der Waals surface area contributed by atoms with Crippen LogP contribution in [0.25, 0.3) is 10.9 Å². The van der Waals surface area contributed by atoms with Gasteiger partial charge in [0.05, 0.1) is 18.6 Å². The standard InChI is InChI=1S/C19H22N2O4/c1-11(22)21-9-6-13-14-10-12(25-2)4-5-15(14)20-16(13)17(21)19(18(23)24)7-3-8-19/h4-5,10,17,20H,3,6-9H2,1-2H3,(H,23,24). The van der Waals surface area contributed by atoms with E-state index in [4.69, 9.17) is 4.74 Å². The molecule has 2 aliphatic rings. The van der Waals surface area contributed by atoms with Crippen LogP contribution in [-0.2, 0) is 16.0 Å². The monoisotopic (exact) mass is 342 g/mol.